The average Bonchev–Trinajstić information content (AvgIpc) is 3.56. The van der Waals surface area contributed by atoms with Gasteiger partial charge >= 0.3 is 0 Å². The predicted molar refractivity (Wildman–Crippen MR) is 165 cm³/mol. The van der Waals surface area contributed by atoms with Crippen molar-refractivity contribution < 1.29 is 29.0 Å². The van der Waals surface area contributed by atoms with Crippen LogP contribution in [-0.4, -0.2) is 64.7 Å². The molecule has 3 N–H and O–H groups in total. The molecule has 6 rings (SSSR count). The largest absolute Gasteiger partial charge is 0.497 e. The van der Waals surface area contributed by atoms with Crippen molar-refractivity contribution in [2.45, 2.75) is 56.5 Å². The summed E-state index contributed by atoms with van der Waals surface area (Å²) in [5.41, 5.74) is 0.222. The van der Waals surface area contributed by atoms with Crippen LogP contribution in [0.1, 0.15) is 31.4 Å². The fourth-order valence-electron chi connectivity index (χ4n) is 7.69. The maximum atomic E-state index is 14.6. The van der Waals surface area contributed by atoms with E-state index in [0.717, 1.165) is 11.1 Å². The van der Waals surface area contributed by atoms with Crippen LogP contribution < -0.4 is 15.4 Å². The highest BCUT2D eigenvalue weighted by Gasteiger charge is 2.80. The van der Waals surface area contributed by atoms with Gasteiger partial charge in [-0.15, -0.1) is 0 Å². The van der Waals surface area contributed by atoms with E-state index in [2.05, 4.69) is 10.6 Å². The Balaban J connectivity index is 1.38. The van der Waals surface area contributed by atoms with Crippen molar-refractivity contribution in [3.63, 3.8) is 0 Å². The first-order valence-corrected chi connectivity index (χ1v) is 15.2. The van der Waals surface area contributed by atoms with E-state index < -0.39 is 41.0 Å². The number of likely N-dealkylation sites (tertiary alicyclic amines) is 1. The molecule has 3 saturated heterocycles. The highest BCUT2D eigenvalue weighted by molar-refractivity contribution is 6.04. The monoisotopic (exact) mass is 597 g/mol. The van der Waals surface area contributed by atoms with Crippen molar-refractivity contribution in [1.82, 2.24) is 10.2 Å². The molecule has 3 aromatic rings. The second kappa shape index (κ2) is 11.7. The lowest BCUT2D eigenvalue weighted by Gasteiger charge is -2.37. The Morgan fingerprint density at radius 1 is 1.00 bits per heavy atom. The molecule has 9 nitrogen and oxygen atoms in total. The van der Waals surface area contributed by atoms with Gasteiger partial charge in [0.25, 0.3) is 0 Å². The maximum Gasteiger partial charge on any atom is 0.250 e. The number of fused-ring (bicyclic) bond motifs is 1. The van der Waals surface area contributed by atoms with Gasteiger partial charge in [-0.25, -0.2) is 0 Å². The molecule has 3 aliphatic heterocycles. The van der Waals surface area contributed by atoms with Crippen molar-refractivity contribution in [3.05, 3.63) is 96.1 Å². The number of rotatable bonds is 10. The van der Waals surface area contributed by atoms with Gasteiger partial charge in [-0.2, -0.15) is 0 Å². The second-order valence-corrected chi connectivity index (χ2v) is 12.4. The Bertz CT molecular complexity index is 1520. The van der Waals surface area contributed by atoms with Gasteiger partial charge in [-0.1, -0.05) is 67.6 Å². The van der Waals surface area contributed by atoms with Crippen LogP contribution in [0, 0.1) is 17.8 Å². The van der Waals surface area contributed by atoms with Gasteiger partial charge in [-0.3, -0.25) is 14.4 Å². The number of carbonyl (C=O) groups excluding carboxylic acids is 3. The van der Waals surface area contributed by atoms with E-state index in [1.807, 2.05) is 74.5 Å². The van der Waals surface area contributed by atoms with Gasteiger partial charge in [0.05, 0.1) is 37.2 Å². The molecule has 230 valence electrons. The Kier molecular flexibility index (Phi) is 7.94. The Morgan fingerprint density at radius 3 is 2.25 bits per heavy atom. The van der Waals surface area contributed by atoms with E-state index in [1.54, 1.807) is 31.4 Å². The fraction of sp³-hybridized carbons (Fsp3) is 0.400. The number of methoxy groups -OCH3 is 1. The molecule has 3 aliphatic rings. The van der Waals surface area contributed by atoms with Crippen LogP contribution in [0.5, 0.6) is 5.75 Å². The highest BCUT2D eigenvalue weighted by Crippen LogP contribution is 2.65. The molecular weight excluding hydrogens is 558 g/mol. The first-order valence-electron chi connectivity index (χ1n) is 15.2. The lowest BCUT2D eigenvalue weighted by atomic mass is 9.62. The summed E-state index contributed by atoms with van der Waals surface area (Å²) in [7, 11) is 1.57. The Hall–Kier alpha value is -4.21. The standard InChI is InChI=1S/C35H39N3O6/c1-22-19-35-29(28(34(22,2)44-35)31(40)36-20-24-12-8-5-9-13-24)33(42)38(26(21-39)18-23-10-6-4-7-11-23)30(35)32(41)37-25-14-16-27(43-3)17-15-25/h4-17,22,26,28-30,39H,18-21H2,1-3H3,(H,36,40)(H,37,41)/t22?,26-,28-,29+,30?,34+,35?/m1/s1. The molecule has 3 heterocycles. The van der Waals surface area contributed by atoms with E-state index in [-0.39, 0.29) is 24.3 Å². The lowest BCUT2D eigenvalue weighted by Crippen LogP contribution is -2.57. The number of anilines is 1. The van der Waals surface area contributed by atoms with Crippen LogP contribution in [-0.2, 0) is 32.1 Å². The number of hydrogen-bond acceptors (Lipinski definition) is 6. The number of nitrogens with one attached hydrogen (secondary N) is 2. The minimum absolute atomic E-state index is 0.100. The number of benzene rings is 3. The molecule has 3 amide bonds. The molecule has 0 saturated carbocycles. The zero-order valence-electron chi connectivity index (χ0n) is 25.2. The third-order valence-electron chi connectivity index (χ3n) is 9.87. The summed E-state index contributed by atoms with van der Waals surface area (Å²) in [5.74, 6) is -2.17. The van der Waals surface area contributed by atoms with E-state index >= 15 is 0 Å². The van der Waals surface area contributed by atoms with Gasteiger partial charge in [-0.05, 0) is 61.1 Å². The van der Waals surface area contributed by atoms with Gasteiger partial charge < -0.3 is 30.1 Å². The van der Waals surface area contributed by atoms with E-state index in [9.17, 15) is 19.5 Å². The molecule has 2 bridgehead atoms. The number of ether oxygens (including phenoxy) is 2. The van der Waals surface area contributed by atoms with E-state index in [1.165, 1.54) is 4.90 Å². The third kappa shape index (κ3) is 4.94. The number of hydrogen-bond donors (Lipinski definition) is 3. The van der Waals surface area contributed by atoms with Gasteiger partial charge in [0.2, 0.25) is 17.7 Å². The molecule has 7 atom stereocenters. The summed E-state index contributed by atoms with van der Waals surface area (Å²) < 4.78 is 12.1. The quantitative estimate of drug-likeness (QED) is 0.329. The fourth-order valence-corrected chi connectivity index (χ4v) is 7.69. The molecular formula is C35H39N3O6. The van der Waals surface area contributed by atoms with Crippen LogP contribution in [0.4, 0.5) is 5.69 Å². The van der Waals surface area contributed by atoms with Crippen molar-refractivity contribution in [3.8, 4) is 5.75 Å². The van der Waals surface area contributed by atoms with Gasteiger partial charge in [0.1, 0.15) is 17.4 Å². The van der Waals surface area contributed by atoms with Crippen molar-refractivity contribution in [1.29, 1.82) is 0 Å². The first-order chi connectivity index (χ1) is 21.2. The number of aliphatic hydroxyl groups is 1. The number of carbonyl (C=O) groups is 3. The molecule has 0 radical (unpaired) electrons. The summed E-state index contributed by atoms with van der Waals surface area (Å²) in [6.45, 7) is 3.86. The Morgan fingerprint density at radius 2 is 1.64 bits per heavy atom. The van der Waals surface area contributed by atoms with E-state index in [0.29, 0.717) is 30.8 Å². The molecule has 3 unspecified atom stereocenters. The molecule has 9 heteroatoms. The van der Waals surface area contributed by atoms with Gasteiger partial charge in [0.15, 0.2) is 0 Å². The SMILES string of the molecule is COc1ccc(NC(=O)C2N([C@@H](CO)Cc3ccccc3)C(=O)[C@@H]3[C@H](C(=O)NCc4ccccc4)[C@@]4(C)OC23CC4C)cc1. The van der Waals surface area contributed by atoms with Crippen LogP contribution >= 0.6 is 0 Å². The topological polar surface area (TPSA) is 117 Å². The lowest BCUT2D eigenvalue weighted by molar-refractivity contribution is -0.149. The van der Waals surface area contributed by atoms with Crippen molar-refractivity contribution >= 4 is 23.4 Å². The van der Waals surface area contributed by atoms with Crippen molar-refractivity contribution in [2.75, 3.05) is 19.0 Å². The van der Waals surface area contributed by atoms with Gasteiger partial charge in [0, 0.05) is 12.2 Å². The van der Waals surface area contributed by atoms with Crippen molar-refractivity contribution in [2.24, 2.45) is 17.8 Å². The minimum Gasteiger partial charge on any atom is -0.497 e. The number of aliphatic hydroxyl groups excluding tert-OH is 1. The highest BCUT2D eigenvalue weighted by atomic mass is 16.5. The summed E-state index contributed by atoms with van der Waals surface area (Å²) in [6, 6.07) is 24.4. The van der Waals surface area contributed by atoms with Crippen LogP contribution in [0.2, 0.25) is 0 Å². The third-order valence-corrected chi connectivity index (χ3v) is 9.87. The van der Waals surface area contributed by atoms with Crippen LogP contribution in [0.25, 0.3) is 0 Å². The summed E-state index contributed by atoms with van der Waals surface area (Å²) >= 11 is 0. The molecule has 0 aromatic heterocycles. The zero-order valence-corrected chi connectivity index (χ0v) is 25.2. The second-order valence-electron chi connectivity index (χ2n) is 12.4. The Labute approximate surface area is 257 Å². The number of nitrogens with zero attached hydrogens (tertiary/aromatic N) is 1. The van der Waals surface area contributed by atoms with E-state index in [4.69, 9.17) is 9.47 Å². The van der Waals surface area contributed by atoms with Crippen LogP contribution in [0.3, 0.4) is 0 Å². The molecule has 0 aliphatic carbocycles. The summed E-state index contributed by atoms with van der Waals surface area (Å²) in [5, 5.41) is 16.7. The maximum absolute atomic E-state index is 14.6. The molecule has 3 aromatic carbocycles. The molecule has 44 heavy (non-hydrogen) atoms. The zero-order chi connectivity index (χ0) is 31.1. The normalized spacial score (nSPS) is 29.3. The summed E-state index contributed by atoms with van der Waals surface area (Å²) in [4.78, 5) is 44.4. The first kappa shape index (κ1) is 29.8. The smallest absolute Gasteiger partial charge is 0.250 e. The minimum atomic E-state index is -1.24. The summed E-state index contributed by atoms with van der Waals surface area (Å²) in [6.07, 6.45) is 0.777. The molecule has 1 spiro atoms. The number of amides is 3. The predicted octanol–water partition coefficient (Wildman–Crippen LogP) is 3.56. The molecule has 3 fully saturated rings. The van der Waals surface area contributed by atoms with Crippen LogP contribution in [0.15, 0.2) is 84.9 Å². The average molecular weight is 598 g/mol.